The Bertz CT molecular complexity index is 367. The fourth-order valence-electron chi connectivity index (χ4n) is 2.52. The number of piperidine rings is 1. The van der Waals surface area contributed by atoms with Crippen molar-refractivity contribution in [1.29, 1.82) is 0 Å². The maximum absolute atomic E-state index is 6.30. The minimum Gasteiger partial charge on any atom is -0.323 e. The van der Waals surface area contributed by atoms with Gasteiger partial charge in [-0.05, 0) is 56.5 Å². The first-order valence-corrected chi connectivity index (χ1v) is 6.72. The maximum Gasteiger partial charge on any atom is 0.0424 e. The Morgan fingerprint density at radius 1 is 1.12 bits per heavy atom. The van der Waals surface area contributed by atoms with Crippen LogP contribution in [0.15, 0.2) is 18.2 Å². The first-order valence-electron chi connectivity index (χ1n) is 6.72. The number of aryl methyl sites for hydroxylation is 2. The summed E-state index contributed by atoms with van der Waals surface area (Å²) in [6.45, 7) is 7.75. The molecule has 0 saturated carbocycles. The van der Waals surface area contributed by atoms with Gasteiger partial charge in [0.15, 0.2) is 0 Å². The summed E-state index contributed by atoms with van der Waals surface area (Å²) in [6, 6.07) is 6.76. The Hall–Kier alpha value is -0.860. The van der Waals surface area contributed by atoms with Crippen LogP contribution in [0.3, 0.4) is 0 Å². The van der Waals surface area contributed by atoms with Crippen LogP contribution in [0.25, 0.3) is 0 Å². The van der Waals surface area contributed by atoms with E-state index in [0.29, 0.717) is 0 Å². The van der Waals surface area contributed by atoms with E-state index in [4.69, 9.17) is 5.73 Å². The molecule has 1 unspecified atom stereocenters. The molecule has 1 aromatic carbocycles. The molecule has 1 atom stereocenters. The summed E-state index contributed by atoms with van der Waals surface area (Å²) in [7, 11) is 0. The minimum atomic E-state index is 0.160. The second-order valence-electron chi connectivity index (χ2n) is 5.31. The van der Waals surface area contributed by atoms with Crippen molar-refractivity contribution < 1.29 is 0 Å². The molecule has 1 saturated heterocycles. The second kappa shape index (κ2) is 5.65. The van der Waals surface area contributed by atoms with Crippen LogP contribution in [0.2, 0.25) is 0 Å². The average Bonchev–Trinajstić information content (AvgIpc) is 2.34. The number of likely N-dealkylation sites (tertiary alicyclic amines) is 1. The molecule has 2 heteroatoms. The fraction of sp³-hybridized carbons (Fsp3) is 0.600. The van der Waals surface area contributed by atoms with Crippen LogP contribution in [-0.2, 0) is 0 Å². The summed E-state index contributed by atoms with van der Waals surface area (Å²) < 4.78 is 0. The number of nitrogens with two attached hydrogens (primary N) is 1. The Balaban J connectivity index is 1.98. The molecule has 0 spiro atoms. The molecule has 0 radical (unpaired) electrons. The molecule has 0 bridgehead atoms. The summed E-state index contributed by atoms with van der Waals surface area (Å²) in [5, 5.41) is 0. The number of hydrogen-bond acceptors (Lipinski definition) is 2. The molecular formula is C15H24N2. The van der Waals surface area contributed by atoms with E-state index in [1.165, 1.54) is 49.0 Å². The zero-order valence-electron chi connectivity index (χ0n) is 11.1. The molecule has 17 heavy (non-hydrogen) atoms. The molecule has 0 amide bonds. The summed E-state index contributed by atoms with van der Waals surface area (Å²) in [5.41, 5.74) is 10.3. The fourth-order valence-corrected chi connectivity index (χ4v) is 2.52. The third-order valence-electron chi connectivity index (χ3n) is 3.86. The Morgan fingerprint density at radius 2 is 1.82 bits per heavy atom. The van der Waals surface area contributed by atoms with E-state index in [1.54, 1.807) is 0 Å². The first-order chi connectivity index (χ1) is 8.16. The SMILES string of the molecule is Cc1ccc(C(N)CN2CCCCC2)cc1C. The Kier molecular flexibility index (Phi) is 4.19. The monoisotopic (exact) mass is 232 g/mol. The molecule has 1 heterocycles. The van der Waals surface area contributed by atoms with Gasteiger partial charge in [-0.2, -0.15) is 0 Å². The minimum absolute atomic E-state index is 0.160. The van der Waals surface area contributed by atoms with Gasteiger partial charge < -0.3 is 10.6 Å². The third-order valence-corrected chi connectivity index (χ3v) is 3.86. The Labute approximate surface area is 105 Å². The van der Waals surface area contributed by atoms with Gasteiger partial charge in [0.2, 0.25) is 0 Å². The van der Waals surface area contributed by atoms with Gasteiger partial charge in [-0.25, -0.2) is 0 Å². The maximum atomic E-state index is 6.30. The average molecular weight is 232 g/mol. The van der Waals surface area contributed by atoms with Gasteiger partial charge in [0.1, 0.15) is 0 Å². The lowest BCUT2D eigenvalue weighted by atomic mass is 10.0. The van der Waals surface area contributed by atoms with E-state index in [9.17, 15) is 0 Å². The van der Waals surface area contributed by atoms with Crippen LogP contribution in [0.1, 0.15) is 42.0 Å². The third kappa shape index (κ3) is 3.30. The van der Waals surface area contributed by atoms with E-state index in [-0.39, 0.29) is 6.04 Å². The van der Waals surface area contributed by atoms with Crippen molar-refractivity contribution in [2.24, 2.45) is 5.73 Å². The van der Waals surface area contributed by atoms with Crippen molar-refractivity contribution in [1.82, 2.24) is 4.90 Å². The standard InChI is InChI=1S/C15H24N2/c1-12-6-7-14(10-13(12)2)15(16)11-17-8-4-3-5-9-17/h6-7,10,15H,3-5,8-9,11,16H2,1-2H3. The van der Waals surface area contributed by atoms with Gasteiger partial charge in [-0.3, -0.25) is 0 Å². The van der Waals surface area contributed by atoms with Crippen LogP contribution in [0, 0.1) is 13.8 Å². The molecule has 94 valence electrons. The van der Waals surface area contributed by atoms with E-state index in [2.05, 4.69) is 36.9 Å². The van der Waals surface area contributed by atoms with Crippen LogP contribution < -0.4 is 5.73 Å². The lowest BCUT2D eigenvalue weighted by Crippen LogP contribution is -2.36. The number of hydrogen-bond donors (Lipinski definition) is 1. The molecule has 2 nitrogen and oxygen atoms in total. The lowest BCUT2D eigenvalue weighted by Gasteiger charge is -2.29. The topological polar surface area (TPSA) is 29.3 Å². The second-order valence-corrected chi connectivity index (χ2v) is 5.31. The van der Waals surface area contributed by atoms with Gasteiger partial charge in [-0.1, -0.05) is 24.6 Å². The van der Waals surface area contributed by atoms with Gasteiger partial charge in [0.05, 0.1) is 0 Å². The molecule has 1 aliphatic rings. The Morgan fingerprint density at radius 3 is 2.47 bits per heavy atom. The summed E-state index contributed by atoms with van der Waals surface area (Å²) in [6.07, 6.45) is 4.05. The summed E-state index contributed by atoms with van der Waals surface area (Å²) >= 11 is 0. The lowest BCUT2D eigenvalue weighted by molar-refractivity contribution is 0.216. The molecule has 0 aliphatic carbocycles. The van der Waals surface area contributed by atoms with Gasteiger partial charge in [-0.15, -0.1) is 0 Å². The smallest absolute Gasteiger partial charge is 0.0424 e. The van der Waals surface area contributed by atoms with Crippen LogP contribution in [0.5, 0.6) is 0 Å². The van der Waals surface area contributed by atoms with E-state index in [1.807, 2.05) is 0 Å². The largest absolute Gasteiger partial charge is 0.323 e. The highest BCUT2D eigenvalue weighted by molar-refractivity contribution is 5.31. The molecule has 2 N–H and O–H groups in total. The van der Waals surface area contributed by atoms with E-state index in [0.717, 1.165) is 6.54 Å². The number of benzene rings is 1. The van der Waals surface area contributed by atoms with Crippen molar-refractivity contribution in [3.63, 3.8) is 0 Å². The van der Waals surface area contributed by atoms with Crippen molar-refractivity contribution in [2.75, 3.05) is 19.6 Å². The van der Waals surface area contributed by atoms with E-state index >= 15 is 0 Å². The molecule has 1 aliphatic heterocycles. The number of rotatable bonds is 3. The predicted octanol–water partition coefficient (Wildman–Crippen LogP) is 2.79. The molecular weight excluding hydrogens is 208 g/mol. The van der Waals surface area contributed by atoms with Crippen LogP contribution in [0.4, 0.5) is 0 Å². The van der Waals surface area contributed by atoms with Crippen molar-refractivity contribution in [3.8, 4) is 0 Å². The quantitative estimate of drug-likeness (QED) is 0.868. The number of nitrogens with zero attached hydrogens (tertiary/aromatic N) is 1. The van der Waals surface area contributed by atoms with Gasteiger partial charge in [0.25, 0.3) is 0 Å². The summed E-state index contributed by atoms with van der Waals surface area (Å²) in [5.74, 6) is 0. The molecule has 1 aromatic rings. The summed E-state index contributed by atoms with van der Waals surface area (Å²) in [4.78, 5) is 2.50. The van der Waals surface area contributed by atoms with Gasteiger partial charge in [0, 0.05) is 12.6 Å². The first kappa shape index (κ1) is 12.6. The zero-order chi connectivity index (χ0) is 12.3. The predicted molar refractivity (Wildman–Crippen MR) is 73.1 cm³/mol. The molecule has 1 fully saturated rings. The normalized spacial score (nSPS) is 19.2. The van der Waals surface area contributed by atoms with Gasteiger partial charge >= 0.3 is 0 Å². The van der Waals surface area contributed by atoms with Crippen LogP contribution >= 0.6 is 0 Å². The zero-order valence-corrected chi connectivity index (χ0v) is 11.1. The highest BCUT2D eigenvalue weighted by Gasteiger charge is 2.15. The molecule has 2 rings (SSSR count). The highest BCUT2D eigenvalue weighted by atomic mass is 15.1. The van der Waals surface area contributed by atoms with Crippen molar-refractivity contribution in [2.45, 2.75) is 39.2 Å². The van der Waals surface area contributed by atoms with Crippen molar-refractivity contribution >= 4 is 0 Å². The van der Waals surface area contributed by atoms with Crippen LogP contribution in [-0.4, -0.2) is 24.5 Å². The van der Waals surface area contributed by atoms with Crippen molar-refractivity contribution in [3.05, 3.63) is 34.9 Å². The van der Waals surface area contributed by atoms with E-state index < -0.39 is 0 Å². The highest BCUT2D eigenvalue weighted by Crippen LogP contribution is 2.18. The molecule has 0 aromatic heterocycles.